The molecule has 0 bridgehead atoms. The first-order chi connectivity index (χ1) is 11.5. The molecule has 5 nitrogen and oxygen atoms in total. The van der Waals surface area contributed by atoms with Crippen LogP contribution in [-0.4, -0.2) is 38.8 Å². The van der Waals surface area contributed by atoms with Crippen LogP contribution in [0.15, 0.2) is 26.7 Å². The lowest BCUT2D eigenvalue weighted by Gasteiger charge is -2.21. The van der Waals surface area contributed by atoms with Gasteiger partial charge >= 0.3 is 0 Å². The van der Waals surface area contributed by atoms with Crippen molar-refractivity contribution < 1.29 is 8.42 Å². The predicted molar refractivity (Wildman–Crippen MR) is 105 cm³/mol. The van der Waals surface area contributed by atoms with Crippen molar-refractivity contribution in [1.82, 2.24) is 0 Å². The third-order valence-corrected chi connectivity index (χ3v) is 9.51. The zero-order chi connectivity index (χ0) is 16.9. The average molecular weight is 400 g/mol. The zero-order valence-electron chi connectivity index (χ0n) is 13.3. The van der Waals surface area contributed by atoms with Crippen LogP contribution in [0.4, 0.5) is 11.4 Å². The lowest BCUT2D eigenvalue weighted by molar-refractivity contribution is 0.596. The van der Waals surface area contributed by atoms with Gasteiger partial charge in [-0.1, -0.05) is 6.07 Å². The fourth-order valence-electron chi connectivity index (χ4n) is 3.05. The molecule has 0 saturated carbocycles. The van der Waals surface area contributed by atoms with Crippen LogP contribution < -0.4 is 9.62 Å². The van der Waals surface area contributed by atoms with Crippen LogP contribution in [0.3, 0.4) is 0 Å². The minimum Gasteiger partial charge on any atom is -0.373 e. The molecule has 1 N–H and O–H groups in total. The Morgan fingerprint density at radius 3 is 2.92 bits per heavy atom. The number of aryl methyl sites for hydroxylation is 1. The fraction of sp³-hybridized carbons (Fsp3) is 0.400. The standard InChI is InChI=1S/C15H17N3O2S4/c1-9-14(18(2)24(19,20)12-4-3-6-21-12)13-11(23-9)8-10(17-13)15-16-5-7-22-15/h3-4,6,10,17H,5,7-8H2,1-2H3. The first kappa shape index (κ1) is 16.4. The van der Waals surface area contributed by atoms with E-state index in [9.17, 15) is 8.42 Å². The van der Waals surface area contributed by atoms with Crippen LogP contribution in [0.1, 0.15) is 9.75 Å². The maximum Gasteiger partial charge on any atom is 0.273 e. The molecule has 0 saturated heterocycles. The molecule has 0 aliphatic carbocycles. The summed E-state index contributed by atoms with van der Waals surface area (Å²) in [4.78, 5) is 6.80. The lowest BCUT2D eigenvalue weighted by atomic mass is 10.2. The number of nitrogens with one attached hydrogen (secondary N) is 1. The first-order valence-electron chi connectivity index (χ1n) is 7.57. The maximum absolute atomic E-state index is 12.9. The molecule has 4 heterocycles. The third kappa shape index (κ3) is 2.58. The van der Waals surface area contributed by atoms with Gasteiger partial charge in [0.1, 0.15) is 4.21 Å². The Bertz CT molecular complexity index is 900. The highest BCUT2D eigenvalue weighted by Crippen LogP contribution is 2.46. The summed E-state index contributed by atoms with van der Waals surface area (Å²) < 4.78 is 27.5. The minimum atomic E-state index is -3.52. The Balaban J connectivity index is 1.69. The molecule has 2 aromatic heterocycles. The van der Waals surface area contributed by atoms with E-state index in [4.69, 9.17) is 0 Å². The summed E-state index contributed by atoms with van der Waals surface area (Å²) in [6.07, 6.45) is 0.888. The number of thioether (sulfide) groups is 1. The van der Waals surface area contributed by atoms with Gasteiger partial charge in [-0.05, 0) is 18.4 Å². The normalized spacial score (nSPS) is 19.9. The number of anilines is 2. The highest BCUT2D eigenvalue weighted by Gasteiger charge is 2.35. The molecule has 0 radical (unpaired) electrons. The van der Waals surface area contributed by atoms with Gasteiger partial charge in [0.05, 0.1) is 22.5 Å². The molecular formula is C15H17N3O2S4. The Labute approximate surface area is 153 Å². The molecule has 2 aliphatic rings. The predicted octanol–water partition coefficient (Wildman–Crippen LogP) is 3.43. The molecule has 1 atom stereocenters. The molecule has 4 rings (SSSR count). The van der Waals surface area contributed by atoms with E-state index in [2.05, 4.69) is 10.3 Å². The summed E-state index contributed by atoms with van der Waals surface area (Å²) in [6, 6.07) is 3.61. The van der Waals surface area contributed by atoms with Crippen LogP contribution in [0.25, 0.3) is 0 Å². The van der Waals surface area contributed by atoms with Gasteiger partial charge in [-0.3, -0.25) is 9.30 Å². The number of rotatable bonds is 4. The molecule has 0 aromatic carbocycles. The topological polar surface area (TPSA) is 61.8 Å². The maximum atomic E-state index is 12.9. The molecule has 1 unspecified atom stereocenters. The molecule has 0 amide bonds. The van der Waals surface area contributed by atoms with E-state index >= 15 is 0 Å². The molecule has 128 valence electrons. The summed E-state index contributed by atoms with van der Waals surface area (Å²) in [6.45, 7) is 2.86. The minimum absolute atomic E-state index is 0.191. The number of nitrogens with zero attached hydrogens (tertiary/aromatic N) is 2. The molecule has 24 heavy (non-hydrogen) atoms. The largest absolute Gasteiger partial charge is 0.373 e. The Morgan fingerprint density at radius 1 is 1.42 bits per heavy atom. The van der Waals surface area contributed by atoms with E-state index in [1.807, 2.05) is 6.92 Å². The van der Waals surface area contributed by atoms with Gasteiger partial charge in [-0.15, -0.1) is 34.4 Å². The van der Waals surface area contributed by atoms with Crippen LogP contribution in [-0.2, 0) is 16.4 Å². The van der Waals surface area contributed by atoms with Crippen molar-refractivity contribution in [2.75, 3.05) is 29.0 Å². The van der Waals surface area contributed by atoms with Crippen molar-refractivity contribution in [2.45, 2.75) is 23.6 Å². The van der Waals surface area contributed by atoms with Crippen molar-refractivity contribution in [2.24, 2.45) is 4.99 Å². The van der Waals surface area contributed by atoms with Crippen molar-refractivity contribution >= 4 is 60.9 Å². The molecule has 2 aliphatic heterocycles. The van der Waals surface area contributed by atoms with Gasteiger partial charge < -0.3 is 5.32 Å². The van der Waals surface area contributed by atoms with Crippen LogP contribution in [0.5, 0.6) is 0 Å². The van der Waals surface area contributed by atoms with Gasteiger partial charge in [0, 0.05) is 35.5 Å². The summed E-state index contributed by atoms with van der Waals surface area (Å²) in [5.74, 6) is 1.04. The van der Waals surface area contributed by atoms with Crippen LogP contribution in [0.2, 0.25) is 0 Å². The number of hydrogen-bond donors (Lipinski definition) is 1. The Morgan fingerprint density at radius 2 is 2.25 bits per heavy atom. The molecule has 2 aromatic rings. The van der Waals surface area contributed by atoms with Crippen molar-refractivity contribution in [1.29, 1.82) is 0 Å². The van der Waals surface area contributed by atoms with E-state index in [-0.39, 0.29) is 6.04 Å². The van der Waals surface area contributed by atoms with E-state index in [0.29, 0.717) is 4.21 Å². The molecule has 0 spiro atoms. The second kappa shape index (κ2) is 6.05. The highest BCUT2D eigenvalue weighted by molar-refractivity contribution is 8.14. The number of thiophene rings is 2. The smallest absolute Gasteiger partial charge is 0.273 e. The second-order valence-corrected chi connectivity index (χ2v) is 11.2. The summed E-state index contributed by atoms with van der Waals surface area (Å²) >= 11 is 4.72. The summed E-state index contributed by atoms with van der Waals surface area (Å²) in [5, 5.41) is 6.45. The summed E-state index contributed by atoms with van der Waals surface area (Å²) in [5.41, 5.74) is 1.73. The van der Waals surface area contributed by atoms with E-state index in [1.165, 1.54) is 20.5 Å². The number of aliphatic imine (C=N–C) groups is 1. The summed E-state index contributed by atoms with van der Waals surface area (Å²) in [7, 11) is -1.88. The van der Waals surface area contributed by atoms with Gasteiger partial charge in [0.25, 0.3) is 10.0 Å². The molecule has 9 heteroatoms. The Kier molecular flexibility index (Phi) is 4.14. The lowest BCUT2D eigenvalue weighted by Crippen LogP contribution is -2.28. The van der Waals surface area contributed by atoms with Crippen molar-refractivity contribution in [3.8, 4) is 0 Å². The van der Waals surface area contributed by atoms with Crippen LogP contribution in [0, 0.1) is 6.92 Å². The van der Waals surface area contributed by atoms with Crippen LogP contribution >= 0.6 is 34.4 Å². The van der Waals surface area contributed by atoms with Gasteiger partial charge in [-0.2, -0.15) is 0 Å². The highest BCUT2D eigenvalue weighted by atomic mass is 32.2. The SMILES string of the molecule is Cc1sc2c(c1N(C)S(=O)(=O)c1cccs1)NC(C1=NCCS1)C2. The van der Waals surface area contributed by atoms with Crippen molar-refractivity contribution in [3.63, 3.8) is 0 Å². The third-order valence-electron chi connectivity index (χ3n) is 4.17. The van der Waals surface area contributed by atoms with Gasteiger partial charge in [-0.25, -0.2) is 8.42 Å². The van der Waals surface area contributed by atoms with E-state index < -0.39 is 10.0 Å². The fourth-order valence-corrected chi connectivity index (χ4v) is 7.67. The van der Waals surface area contributed by atoms with Crippen molar-refractivity contribution in [3.05, 3.63) is 27.3 Å². The first-order valence-corrected chi connectivity index (χ1v) is 11.7. The Hall–Kier alpha value is -1.03. The van der Waals surface area contributed by atoms with E-state index in [0.717, 1.165) is 40.0 Å². The van der Waals surface area contributed by atoms with Gasteiger partial charge in [0.2, 0.25) is 0 Å². The quantitative estimate of drug-likeness (QED) is 0.856. The monoisotopic (exact) mass is 399 g/mol. The number of hydrogen-bond acceptors (Lipinski definition) is 7. The molecular weight excluding hydrogens is 382 g/mol. The van der Waals surface area contributed by atoms with Gasteiger partial charge in [0.15, 0.2) is 0 Å². The second-order valence-electron chi connectivity index (χ2n) is 5.68. The molecule has 0 fully saturated rings. The zero-order valence-corrected chi connectivity index (χ0v) is 16.5. The van der Waals surface area contributed by atoms with E-state index in [1.54, 1.807) is 47.7 Å². The number of sulfonamides is 1. The average Bonchev–Trinajstić information content (AvgIpc) is 3.30. The number of fused-ring (bicyclic) bond motifs is 1.